The van der Waals surface area contributed by atoms with Gasteiger partial charge < -0.3 is 10.1 Å². The number of aryl methyl sites for hydroxylation is 1. The van der Waals surface area contributed by atoms with E-state index in [1.165, 1.54) is 24.5 Å². The van der Waals surface area contributed by atoms with Crippen molar-refractivity contribution in [3.63, 3.8) is 0 Å². The number of benzene rings is 1. The predicted molar refractivity (Wildman–Crippen MR) is 71.6 cm³/mol. The summed E-state index contributed by atoms with van der Waals surface area (Å²) in [5.41, 5.74) is 1.46. The molecular weight excluding hydrogens is 251 g/mol. The van der Waals surface area contributed by atoms with Crippen molar-refractivity contribution < 1.29 is 9.13 Å². The average molecular weight is 266 g/mol. The van der Waals surface area contributed by atoms with Crippen molar-refractivity contribution >= 4 is 11.3 Å². The third-order valence-corrected chi connectivity index (χ3v) is 3.83. The van der Waals surface area contributed by atoms with Crippen LogP contribution >= 0.6 is 11.3 Å². The Morgan fingerprint density at radius 2 is 2.22 bits per heavy atom. The van der Waals surface area contributed by atoms with E-state index in [1.54, 1.807) is 12.1 Å². The van der Waals surface area contributed by atoms with E-state index < -0.39 is 0 Å². The van der Waals surface area contributed by atoms with Crippen molar-refractivity contribution in [1.82, 2.24) is 10.3 Å². The topological polar surface area (TPSA) is 34.1 Å². The molecule has 0 aliphatic rings. The molecule has 1 aromatic heterocycles. The lowest BCUT2D eigenvalue weighted by Crippen LogP contribution is -2.04. The molecule has 1 N–H and O–H groups in total. The maximum absolute atomic E-state index is 13.9. The fourth-order valence-corrected chi connectivity index (χ4v) is 2.77. The van der Waals surface area contributed by atoms with Gasteiger partial charge in [-0.2, -0.15) is 0 Å². The molecule has 0 aliphatic heterocycles. The van der Waals surface area contributed by atoms with E-state index in [9.17, 15) is 4.39 Å². The zero-order chi connectivity index (χ0) is 13.1. The van der Waals surface area contributed by atoms with E-state index in [4.69, 9.17) is 4.74 Å². The van der Waals surface area contributed by atoms with Crippen molar-refractivity contribution in [1.29, 1.82) is 0 Å². The number of ether oxygens (including phenoxy) is 1. The average Bonchev–Trinajstić information content (AvgIpc) is 2.71. The molecule has 0 aliphatic carbocycles. The van der Waals surface area contributed by atoms with Gasteiger partial charge in [0.1, 0.15) is 16.6 Å². The van der Waals surface area contributed by atoms with Gasteiger partial charge in [-0.3, -0.25) is 0 Å². The number of aromatic nitrogens is 1. The monoisotopic (exact) mass is 266 g/mol. The van der Waals surface area contributed by atoms with Crippen LogP contribution in [0.25, 0.3) is 10.6 Å². The second-order valence-electron chi connectivity index (χ2n) is 3.90. The molecule has 0 radical (unpaired) electrons. The molecule has 2 rings (SSSR count). The molecule has 0 fully saturated rings. The summed E-state index contributed by atoms with van der Waals surface area (Å²) in [4.78, 5) is 5.54. The Bertz CT molecular complexity index is 554. The minimum absolute atomic E-state index is 0.306. The van der Waals surface area contributed by atoms with Crippen LogP contribution in [-0.4, -0.2) is 19.1 Å². The van der Waals surface area contributed by atoms with E-state index in [0.29, 0.717) is 16.3 Å². The quantitative estimate of drug-likeness (QED) is 0.923. The van der Waals surface area contributed by atoms with Gasteiger partial charge in [0.05, 0.1) is 12.8 Å². The van der Waals surface area contributed by atoms with E-state index in [1.807, 2.05) is 14.0 Å². The summed E-state index contributed by atoms with van der Waals surface area (Å²) in [7, 11) is 3.40. The molecule has 0 atom stereocenters. The minimum atomic E-state index is -0.306. The van der Waals surface area contributed by atoms with Gasteiger partial charge in [0.2, 0.25) is 0 Å². The Kier molecular flexibility index (Phi) is 3.93. The molecule has 0 spiro atoms. The van der Waals surface area contributed by atoms with Crippen LogP contribution in [0, 0.1) is 12.7 Å². The molecule has 1 heterocycles. The lowest BCUT2D eigenvalue weighted by Gasteiger charge is -2.02. The van der Waals surface area contributed by atoms with E-state index in [2.05, 4.69) is 10.3 Å². The first-order valence-corrected chi connectivity index (χ1v) is 6.42. The zero-order valence-electron chi connectivity index (χ0n) is 10.6. The summed E-state index contributed by atoms with van der Waals surface area (Å²) in [5.74, 6) is 0.207. The van der Waals surface area contributed by atoms with Crippen LogP contribution in [0.5, 0.6) is 5.75 Å². The summed E-state index contributed by atoms with van der Waals surface area (Å²) in [6.45, 7) is 2.69. The Morgan fingerprint density at radius 1 is 1.44 bits per heavy atom. The van der Waals surface area contributed by atoms with Crippen molar-refractivity contribution in [2.24, 2.45) is 0 Å². The van der Waals surface area contributed by atoms with Crippen LogP contribution in [0.4, 0.5) is 4.39 Å². The summed E-state index contributed by atoms with van der Waals surface area (Å²) in [5, 5.41) is 3.79. The molecule has 3 nitrogen and oxygen atoms in total. The maximum Gasteiger partial charge on any atom is 0.137 e. The van der Waals surface area contributed by atoms with Gasteiger partial charge in [0.25, 0.3) is 0 Å². The van der Waals surface area contributed by atoms with Crippen molar-refractivity contribution in [2.75, 3.05) is 14.2 Å². The molecule has 5 heteroatoms. The Balaban J connectivity index is 2.39. The molecule has 0 saturated heterocycles. The highest BCUT2D eigenvalue weighted by Gasteiger charge is 2.13. The van der Waals surface area contributed by atoms with Crippen LogP contribution in [0.1, 0.15) is 10.6 Å². The Hall–Kier alpha value is -1.46. The summed E-state index contributed by atoms with van der Waals surface area (Å²) >= 11 is 1.51. The normalized spacial score (nSPS) is 10.7. The largest absolute Gasteiger partial charge is 0.497 e. The molecule has 0 unspecified atom stereocenters. The highest BCUT2D eigenvalue weighted by atomic mass is 32.1. The molecule has 96 valence electrons. The number of methoxy groups -OCH3 is 1. The second-order valence-corrected chi connectivity index (χ2v) is 4.99. The fourth-order valence-electron chi connectivity index (χ4n) is 1.66. The van der Waals surface area contributed by atoms with Crippen LogP contribution in [0.15, 0.2) is 18.2 Å². The number of rotatable bonds is 4. The van der Waals surface area contributed by atoms with Gasteiger partial charge >= 0.3 is 0 Å². The first-order valence-electron chi connectivity index (χ1n) is 5.60. The highest BCUT2D eigenvalue weighted by molar-refractivity contribution is 7.15. The number of hydrogen-bond donors (Lipinski definition) is 1. The number of halogens is 1. The smallest absolute Gasteiger partial charge is 0.137 e. The molecule has 2 aromatic rings. The molecule has 1 aromatic carbocycles. The lowest BCUT2D eigenvalue weighted by atomic mass is 10.2. The van der Waals surface area contributed by atoms with Gasteiger partial charge in [-0.1, -0.05) is 0 Å². The van der Waals surface area contributed by atoms with Crippen LogP contribution < -0.4 is 10.1 Å². The first-order chi connectivity index (χ1) is 8.65. The van der Waals surface area contributed by atoms with Gasteiger partial charge in [-0.25, -0.2) is 9.37 Å². The lowest BCUT2D eigenvalue weighted by molar-refractivity contribution is 0.411. The zero-order valence-corrected chi connectivity index (χ0v) is 11.4. The fraction of sp³-hybridized carbons (Fsp3) is 0.308. The van der Waals surface area contributed by atoms with E-state index >= 15 is 0 Å². The number of nitrogens with one attached hydrogen (secondary N) is 1. The van der Waals surface area contributed by atoms with E-state index in [-0.39, 0.29) is 5.82 Å². The summed E-state index contributed by atoms with van der Waals surface area (Å²) < 4.78 is 18.9. The Labute approximate surface area is 110 Å². The third kappa shape index (κ3) is 2.52. The number of thiazole rings is 1. The standard InChI is InChI=1S/C13H15FN2OS/c1-8-12(7-15-2)18-13(16-8)10-5-4-9(17-3)6-11(10)14/h4-6,15H,7H2,1-3H3. The van der Waals surface area contributed by atoms with E-state index in [0.717, 1.165) is 17.1 Å². The molecular formula is C13H15FN2OS. The van der Waals surface area contributed by atoms with Crippen molar-refractivity contribution in [2.45, 2.75) is 13.5 Å². The van der Waals surface area contributed by atoms with Gasteiger partial charge in [0.15, 0.2) is 0 Å². The van der Waals surface area contributed by atoms with Crippen LogP contribution in [-0.2, 0) is 6.54 Å². The van der Waals surface area contributed by atoms with Crippen LogP contribution in [0.3, 0.4) is 0 Å². The maximum atomic E-state index is 13.9. The summed E-state index contributed by atoms with van der Waals surface area (Å²) in [6.07, 6.45) is 0. The number of hydrogen-bond acceptors (Lipinski definition) is 4. The Morgan fingerprint density at radius 3 is 2.83 bits per heavy atom. The van der Waals surface area contributed by atoms with Crippen molar-refractivity contribution in [3.8, 4) is 16.3 Å². The predicted octanol–water partition coefficient (Wildman–Crippen LogP) is 2.99. The molecule has 18 heavy (non-hydrogen) atoms. The molecule has 0 amide bonds. The van der Waals surface area contributed by atoms with Gasteiger partial charge in [0, 0.05) is 23.1 Å². The second kappa shape index (κ2) is 5.46. The van der Waals surface area contributed by atoms with Crippen LogP contribution in [0.2, 0.25) is 0 Å². The first kappa shape index (κ1) is 13.0. The molecule has 0 bridgehead atoms. The van der Waals surface area contributed by atoms with Gasteiger partial charge in [-0.05, 0) is 26.1 Å². The van der Waals surface area contributed by atoms with Crippen molar-refractivity contribution in [3.05, 3.63) is 34.6 Å². The summed E-state index contributed by atoms with van der Waals surface area (Å²) in [6, 6.07) is 4.83. The third-order valence-electron chi connectivity index (χ3n) is 2.64. The SMILES string of the molecule is CNCc1sc(-c2ccc(OC)cc2F)nc1C. The minimum Gasteiger partial charge on any atom is -0.497 e. The number of nitrogens with zero attached hydrogens (tertiary/aromatic N) is 1. The highest BCUT2D eigenvalue weighted by Crippen LogP contribution is 2.31. The molecule has 0 saturated carbocycles. The van der Waals surface area contributed by atoms with Gasteiger partial charge in [-0.15, -0.1) is 11.3 Å².